The van der Waals surface area contributed by atoms with Crippen LogP contribution in [-0.2, 0) is 14.9 Å². The van der Waals surface area contributed by atoms with Crippen LogP contribution in [0.2, 0.25) is 0 Å². The first-order valence-electron chi connectivity index (χ1n) is 10.8. The summed E-state index contributed by atoms with van der Waals surface area (Å²) in [6, 6.07) is 18.0. The van der Waals surface area contributed by atoms with Gasteiger partial charge < -0.3 is 15.0 Å². The highest BCUT2D eigenvalue weighted by atomic mass is 32.2. The topological polar surface area (TPSA) is 139 Å². The first-order chi connectivity index (χ1) is 16.1. The lowest BCUT2D eigenvalue weighted by Crippen LogP contribution is -2.82. The molecular weight excluding hydrogens is 454 g/mol. The molecule has 0 radical (unpaired) electrons. The molecule has 0 aliphatic rings. The Morgan fingerprint density at radius 3 is 2.38 bits per heavy atom. The number of primary amides is 1. The number of amides is 1. The van der Waals surface area contributed by atoms with Gasteiger partial charge in [-0.1, -0.05) is 25.1 Å². The average molecular weight is 482 g/mol. The number of aromatic nitrogens is 1. The molecule has 178 valence electrons. The highest BCUT2D eigenvalue weighted by molar-refractivity contribution is 7.85. The summed E-state index contributed by atoms with van der Waals surface area (Å²) in [6.45, 7) is 5.61. The molecule has 0 atom stereocenters. The number of nitrogens with zero attached hydrogens (tertiary/aromatic N) is 1. The van der Waals surface area contributed by atoms with Crippen molar-refractivity contribution >= 4 is 49.3 Å². The molecule has 0 fully saturated rings. The van der Waals surface area contributed by atoms with Crippen LogP contribution in [0.15, 0.2) is 60.8 Å². The quantitative estimate of drug-likeness (QED) is 0.256. The summed E-state index contributed by atoms with van der Waals surface area (Å²) in [4.78, 5) is 16.2. The van der Waals surface area contributed by atoms with Crippen LogP contribution < -0.4 is 11.1 Å². The number of hydrogen-bond donors (Lipinski definition) is 2. The Bertz CT molecular complexity index is 1430. The monoisotopic (exact) mass is 481 g/mol. The smallest absolute Gasteiger partial charge is 0.517 e. The molecule has 0 saturated heterocycles. The number of nitrogen functional groups attached to an aromatic ring is 1. The second kappa shape index (κ2) is 10.6. The summed E-state index contributed by atoms with van der Waals surface area (Å²) < 4.78 is 33.3. The molecule has 4 aromatic rings. The second-order valence-electron chi connectivity index (χ2n) is 7.60. The summed E-state index contributed by atoms with van der Waals surface area (Å²) in [7, 11) is -3.91. The molecule has 8 nitrogen and oxygen atoms in total. The van der Waals surface area contributed by atoms with Gasteiger partial charge >= 0.3 is 6.09 Å². The van der Waals surface area contributed by atoms with Gasteiger partial charge in [-0.05, 0) is 60.2 Å². The Balaban J connectivity index is 0.000000481. The predicted molar refractivity (Wildman–Crippen MR) is 133 cm³/mol. The number of carbonyl (C=O) groups is 1. The van der Waals surface area contributed by atoms with E-state index in [9.17, 15) is 17.8 Å². The van der Waals surface area contributed by atoms with Gasteiger partial charge in [-0.2, -0.15) is 4.79 Å². The maximum Gasteiger partial charge on any atom is 0.517 e. The molecule has 0 bridgehead atoms. The fourth-order valence-electron chi connectivity index (χ4n) is 3.60. The van der Waals surface area contributed by atoms with Crippen LogP contribution in [0.5, 0.6) is 0 Å². The maximum atomic E-state index is 11.6. The normalized spacial score (nSPS) is 11.2. The van der Waals surface area contributed by atoms with Gasteiger partial charge in [0.1, 0.15) is 5.69 Å². The number of carbonyl (C=O) groups excluding carboxylic acids is 1. The lowest BCUT2D eigenvalue weighted by Gasteiger charge is -2.12. The minimum absolute atomic E-state index is 0.312. The number of aryl methyl sites for hydroxylation is 1. The lowest BCUT2D eigenvalue weighted by atomic mass is 9.93. The van der Waals surface area contributed by atoms with E-state index < -0.39 is 10.1 Å². The number of ether oxygens (including phenoxy) is 1. The number of anilines is 1. The van der Waals surface area contributed by atoms with E-state index in [4.69, 9.17) is 10.5 Å². The predicted octanol–water partition coefficient (Wildman–Crippen LogP) is 3.85. The van der Waals surface area contributed by atoms with Crippen molar-refractivity contribution in [3.05, 3.63) is 66.4 Å². The molecular formula is C25H27N3O5S. The van der Waals surface area contributed by atoms with Crippen molar-refractivity contribution in [1.29, 1.82) is 0 Å². The van der Waals surface area contributed by atoms with Crippen LogP contribution in [0.1, 0.15) is 19.4 Å². The van der Waals surface area contributed by atoms with E-state index in [-0.39, 0.29) is 11.8 Å². The average Bonchev–Trinajstić information content (AvgIpc) is 2.80. The number of benzene rings is 3. The first-order valence-corrected chi connectivity index (χ1v) is 12.3. The molecule has 1 heterocycles. The molecule has 0 aliphatic heterocycles. The molecule has 3 aromatic carbocycles. The molecule has 0 aliphatic carbocycles. The van der Waals surface area contributed by atoms with Gasteiger partial charge in [0.25, 0.3) is 0 Å². The summed E-state index contributed by atoms with van der Waals surface area (Å²) in [6.07, 6.45) is 1.57. The summed E-state index contributed by atoms with van der Waals surface area (Å²) in [5, 5.41) is 4.89. The number of pyridine rings is 1. The lowest BCUT2D eigenvalue weighted by molar-refractivity contribution is -0.482. The highest BCUT2D eigenvalue weighted by Crippen LogP contribution is 2.34. The number of rotatable bonds is 4. The largest absolute Gasteiger partial charge is 0.748 e. The number of hydrogen-bond acceptors (Lipinski definition) is 7. The Hall–Kier alpha value is -3.53. The summed E-state index contributed by atoms with van der Waals surface area (Å²) >= 11 is 0. The molecule has 4 rings (SSSR count). The van der Waals surface area contributed by atoms with Crippen LogP contribution >= 0.6 is 0 Å². The molecule has 0 unspecified atom stereocenters. The molecule has 34 heavy (non-hydrogen) atoms. The number of fused-ring (bicyclic) bond motifs is 3. The van der Waals surface area contributed by atoms with Gasteiger partial charge in [-0.3, -0.25) is 4.98 Å². The van der Waals surface area contributed by atoms with Gasteiger partial charge in [-0.15, -0.1) is 0 Å². The van der Waals surface area contributed by atoms with E-state index >= 15 is 0 Å². The van der Waals surface area contributed by atoms with Gasteiger partial charge in [-0.25, -0.2) is 13.7 Å². The van der Waals surface area contributed by atoms with Gasteiger partial charge in [0.05, 0.1) is 22.2 Å². The minimum atomic E-state index is -3.91. The van der Waals surface area contributed by atoms with Gasteiger partial charge in [0, 0.05) is 40.5 Å². The third-order valence-electron chi connectivity index (χ3n) is 5.28. The van der Waals surface area contributed by atoms with Gasteiger partial charge in [0.15, 0.2) is 0 Å². The SMILES string of the molecule is CCOC(=O)[NH2+]c1ccc(-c2ccc3cnc4cc(N)ccc4c3c2C)cc1.CCS(=O)(=O)[O-]. The Kier molecular flexibility index (Phi) is 7.83. The van der Waals surface area contributed by atoms with Crippen molar-refractivity contribution in [2.24, 2.45) is 0 Å². The fourth-order valence-corrected chi connectivity index (χ4v) is 3.60. The Morgan fingerprint density at radius 2 is 1.76 bits per heavy atom. The summed E-state index contributed by atoms with van der Waals surface area (Å²) in [5.41, 5.74) is 11.8. The van der Waals surface area contributed by atoms with E-state index in [1.165, 1.54) is 23.2 Å². The van der Waals surface area contributed by atoms with Crippen molar-refractivity contribution in [3.8, 4) is 11.1 Å². The number of nitrogens with two attached hydrogens (primary N) is 2. The molecule has 4 N–H and O–H groups in total. The molecule has 0 saturated carbocycles. The first kappa shape index (κ1) is 25.1. The molecule has 0 spiro atoms. The van der Waals surface area contributed by atoms with Crippen LogP contribution in [0.3, 0.4) is 0 Å². The van der Waals surface area contributed by atoms with Crippen molar-refractivity contribution in [2.45, 2.75) is 20.8 Å². The standard InChI is InChI=1S/C23H21N3O2.C2H6O3S/c1-3-28-23(27)26-18-8-4-15(5-9-18)19-10-6-16-13-25-21-12-17(24)7-11-20(21)22(16)14(19)2;1-2-6(3,4)5/h4-13H,3,24H2,1-2H3,(H,26,27);2H2,1H3,(H,3,4,5). The Morgan fingerprint density at radius 1 is 1.09 bits per heavy atom. The fraction of sp³-hybridized carbons (Fsp3) is 0.200. The van der Waals surface area contributed by atoms with Crippen molar-refractivity contribution in [3.63, 3.8) is 0 Å². The minimum Gasteiger partial charge on any atom is -0.748 e. The molecule has 1 amide bonds. The van der Waals surface area contributed by atoms with E-state index in [2.05, 4.69) is 24.0 Å². The third kappa shape index (κ3) is 6.07. The zero-order valence-electron chi connectivity index (χ0n) is 19.2. The van der Waals surface area contributed by atoms with Crippen LogP contribution in [-0.4, -0.2) is 36.4 Å². The zero-order chi connectivity index (χ0) is 24.9. The van der Waals surface area contributed by atoms with Crippen molar-refractivity contribution in [2.75, 3.05) is 18.1 Å². The van der Waals surface area contributed by atoms with Gasteiger partial charge in [0.2, 0.25) is 0 Å². The molecule has 1 aromatic heterocycles. The molecule has 9 heteroatoms. The Labute approximate surface area is 198 Å². The van der Waals surface area contributed by atoms with E-state index in [0.29, 0.717) is 12.3 Å². The van der Waals surface area contributed by atoms with Crippen molar-refractivity contribution < 1.29 is 27.8 Å². The van der Waals surface area contributed by atoms with Crippen LogP contribution in [0.4, 0.5) is 16.2 Å². The number of quaternary nitrogens is 1. The maximum absolute atomic E-state index is 11.6. The van der Waals surface area contributed by atoms with Crippen molar-refractivity contribution in [1.82, 2.24) is 4.98 Å². The summed E-state index contributed by atoms with van der Waals surface area (Å²) in [5.74, 6) is -0.312. The van der Waals surface area contributed by atoms with E-state index in [0.717, 1.165) is 33.1 Å². The highest BCUT2D eigenvalue weighted by Gasteiger charge is 2.12. The zero-order valence-corrected chi connectivity index (χ0v) is 20.1. The van der Waals surface area contributed by atoms with Crippen LogP contribution in [0.25, 0.3) is 32.8 Å². The van der Waals surface area contributed by atoms with E-state index in [1.54, 1.807) is 6.92 Å². The van der Waals surface area contributed by atoms with E-state index in [1.807, 2.05) is 48.7 Å². The van der Waals surface area contributed by atoms with Crippen LogP contribution in [0, 0.1) is 6.92 Å². The second-order valence-corrected chi connectivity index (χ2v) is 9.29. The third-order valence-corrected chi connectivity index (χ3v) is 5.98.